The van der Waals surface area contributed by atoms with Crippen molar-refractivity contribution in [3.63, 3.8) is 0 Å². The molecule has 6 heteroatoms. The fourth-order valence-corrected chi connectivity index (χ4v) is 4.64. The molecule has 1 N–H and O–H groups in total. The van der Waals surface area contributed by atoms with Crippen LogP contribution in [0.3, 0.4) is 0 Å². The van der Waals surface area contributed by atoms with Crippen LogP contribution in [-0.4, -0.2) is 14.5 Å². The Kier molecular flexibility index (Phi) is 4.64. The molecule has 5 aromatic rings. The summed E-state index contributed by atoms with van der Waals surface area (Å²) in [5, 5.41) is 1.55. The smallest absolute Gasteiger partial charge is 0.283 e. The minimum Gasteiger partial charge on any atom is -0.349 e. The average molecular weight is 415 g/mol. The molecule has 0 amide bonds. The second-order valence-corrected chi connectivity index (χ2v) is 8.38. The van der Waals surface area contributed by atoms with Gasteiger partial charge in [0, 0.05) is 16.2 Å². The molecular formula is C24H18FN3OS. The number of nitrogens with one attached hydrogen (secondary N) is 1. The molecule has 0 spiro atoms. The maximum Gasteiger partial charge on any atom is 0.283 e. The molecule has 0 bridgehead atoms. The summed E-state index contributed by atoms with van der Waals surface area (Å²) in [6.45, 7) is 2.08. The van der Waals surface area contributed by atoms with E-state index < -0.39 is 0 Å². The lowest BCUT2D eigenvalue weighted by Gasteiger charge is -2.16. The fourth-order valence-electron chi connectivity index (χ4n) is 3.59. The molecule has 0 saturated heterocycles. The van der Waals surface area contributed by atoms with Gasteiger partial charge in [0.1, 0.15) is 16.9 Å². The Morgan fingerprint density at radius 2 is 1.67 bits per heavy atom. The summed E-state index contributed by atoms with van der Waals surface area (Å²) in [7, 11) is 0. The molecular weight excluding hydrogens is 397 g/mol. The zero-order chi connectivity index (χ0) is 20.7. The number of benzene rings is 3. The third-order valence-electron chi connectivity index (χ3n) is 5.13. The second-order valence-electron chi connectivity index (χ2n) is 7.08. The summed E-state index contributed by atoms with van der Waals surface area (Å²) < 4.78 is 15.1. The number of hydrogen-bond donors (Lipinski definition) is 1. The van der Waals surface area contributed by atoms with Gasteiger partial charge < -0.3 is 4.98 Å². The van der Waals surface area contributed by atoms with Gasteiger partial charge in [0.15, 0.2) is 5.16 Å². The monoisotopic (exact) mass is 415 g/mol. The lowest BCUT2D eigenvalue weighted by molar-refractivity contribution is 0.627. The fraction of sp³-hybridized carbons (Fsp3) is 0.0833. The van der Waals surface area contributed by atoms with Crippen LogP contribution in [0.2, 0.25) is 0 Å². The molecule has 4 nitrogen and oxygen atoms in total. The molecule has 30 heavy (non-hydrogen) atoms. The number of H-pyrrole nitrogens is 1. The normalized spacial score (nSPS) is 12.5. The van der Waals surface area contributed by atoms with Crippen molar-refractivity contribution in [3.8, 4) is 5.69 Å². The number of thioether (sulfide) groups is 1. The summed E-state index contributed by atoms with van der Waals surface area (Å²) >= 11 is 1.51. The number of rotatable bonds is 4. The Bertz CT molecular complexity index is 1410. The predicted molar refractivity (Wildman–Crippen MR) is 120 cm³/mol. The zero-order valence-electron chi connectivity index (χ0n) is 16.2. The van der Waals surface area contributed by atoms with Gasteiger partial charge in [-0.15, -0.1) is 0 Å². The highest BCUT2D eigenvalue weighted by Gasteiger charge is 2.19. The molecule has 0 aliphatic heterocycles. The van der Waals surface area contributed by atoms with E-state index in [1.807, 2.05) is 42.5 Å². The third kappa shape index (κ3) is 3.19. The van der Waals surface area contributed by atoms with Gasteiger partial charge in [0.25, 0.3) is 5.56 Å². The highest BCUT2D eigenvalue weighted by molar-refractivity contribution is 7.99. The first-order valence-electron chi connectivity index (χ1n) is 9.63. The van der Waals surface area contributed by atoms with Gasteiger partial charge in [0.05, 0.1) is 5.69 Å². The van der Waals surface area contributed by atoms with Crippen LogP contribution in [0.5, 0.6) is 0 Å². The van der Waals surface area contributed by atoms with Crippen molar-refractivity contribution >= 4 is 33.7 Å². The van der Waals surface area contributed by atoms with Gasteiger partial charge in [-0.05, 0) is 42.8 Å². The van der Waals surface area contributed by atoms with Crippen LogP contribution in [0.25, 0.3) is 27.6 Å². The third-order valence-corrected chi connectivity index (χ3v) is 6.24. The quantitative estimate of drug-likeness (QED) is 0.295. The summed E-state index contributed by atoms with van der Waals surface area (Å²) in [5.41, 5.74) is 3.47. The van der Waals surface area contributed by atoms with Crippen molar-refractivity contribution in [3.05, 3.63) is 101 Å². The zero-order valence-corrected chi connectivity index (χ0v) is 17.0. The van der Waals surface area contributed by atoms with Crippen LogP contribution in [0.1, 0.15) is 17.7 Å². The summed E-state index contributed by atoms with van der Waals surface area (Å²) in [6, 6.07) is 23.7. The van der Waals surface area contributed by atoms with Gasteiger partial charge in [-0.25, -0.2) is 9.37 Å². The van der Waals surface area contributed by atoms with Crippen molar-refractivity contribution < 1.29 is 4.39 Å². The number of aromatic nitrogens is 3. The van der Waals surface area contributed by atoms with Gasteiger partial charge in [-0.3, -0.25) is 9.36 Å². The SMILES string of the molecule is C[C@H](Sc1nc2c([nH]c3ccccc32)c(=O)n1-c1ccc(F)cc1)c1ccccc1. The maximum atomic E-state index is 13.5. The Morgan fingerprint density at radius 3 is 2.43 bits per heavy atom. The Hall–Kier alpha value is -3.38. The van der Waals surface area contributed by atoms with Crippen molar-refractivity contribution in [1.82, 2.24) is 14.5 Å². The van der Waals surface area contributed by atoms with Crippen LogP contribution in [0.4, 0.5) is 4.39 Å². The topological polar surface area (TPSA) is 50.7 Å². The number of aromatic amines is 1. The van der Waals surface area contributed by atoms with Crippen LogP contribution in [-0.2, 0) is 0 Å². The standard InChI is InChI=1S/C24H18FN3OS/c1-15(16-7-3-2-4-8-16)30-24-27-21-19-9-5-6-10-20(19)26-22(21)23(29)28(24)18-13-11-17(25)12-14-18/h2-15,26H,1H3/t15-/m0/s1. The lowest BCUT2D eigenvalue weighted by Crippen LogP contribution is -2.22. The molecule has 1 atom stereocenters. The highest BCUT2D eigenvalue weighted by atomic mass is 32.2. The predicted octanol–water partition coefficient (Wildman–Crippen LogP) is 5.86. The molecule has 0 unspecified atom stereocenters. The number of fused-ring (bicyclic) bond motifs is 3. The summed E-state index contributed by atoms with van der Waals surface area (Å²) in [6.07, 6.45) is 0. The Labute approximate surface area is 176 Å². The first-order valence-corrected chi connectivity index (χ1v) is 10.5. The van der Waals surface area contributed by atoms with E-state index in [2.05, 4.69) is 24.0 Å². The van der Waals surface area contributed by atoms with Gasteiger partial charge >= 0.3 is 0 Å². The average Bonchev–Trinajstić information content (AvgIpc) is 3.15. The van der Waals surface area contributed by atoms with E-state index in [9.17, 15) is 9.18 Å². The molecule has 0 fully saturated rings. The van der Waals surface area contributed by atoms with Crippen LogP contribution in [0.15, 0.2) is 88.8 Å². The second kappa shape index (κ2) is 7.46. The molecule has 3 aromatic carbocycles. The number of para-hydroxylation sites is 1. The molecule has 2 heterocycles. The summed E-state index contributed by atoms with van der Waals surface area (Å²) in [5.74, 6) is -0.349. The molecule has 0 radical (unpaired) electrons. The minimum absolute atomic E-state index is 0.0763. The van der Waals surface area contributed by atoms with Gasteiger partial charge in [0.2, 0.25) is 0 Å². The van der Waals surface area contributed by atoms with E-state index in [-0.39, 0.29) is 16.6 Å². The molecule has 0 aliphatic carbocycles. The molecule has 5 rings (SSSR count). The van der Waals surface area contributed by atoms with Crippen molar-refractivity contribution in [2.45, 2.75) is 17.3 Å². The molecule has 0 aliphatic rings. The summed E-state index contributed by atoms with van der Waals surface area (Å²) in [4.78, 5) is 21.6. The number of nitrogens with zero attached hydrogens (tertiary/aromatic N) is 2. The van der Waals surface area contributed by atoms with Crippen LogP contribution >= 0.6 is 11.8 Å². The van der Waals surface area contributed by atoms with E-state index >= 15 is 0 Å². The number of halogens is 1. The lowest BCUT2D eigenvalue weighted by atomic mass is 10.2. The Balaban J connectivity index is 1.75. The van der Waals surface area contributed by atoms with Crippen molar-refractivity contribution in [2.75, 3.05) is 0 Å². The van der Waals surface area contributed by atoms with Crippen molar-refractivity contribution in [1.29, 1.82) is 0 Å². The van der Waals surface area contributed by atoms with E-state index in [0.29, 0.717) is 21.9 Å². The highest BCUT2D eigenvalue weighted by Crippen LogP contribution is 2.35. The van der Waals surface area contributed by atoms with E-state index in [1.54, 1.807) is 16.7 Å². The van der Waals surface area contributed by atoms with Crippen molar-refractivity contribution in [2.24, 2.45) is 0 Å². The molecule has 0 saturated carbocycles. The van der Waals surface area contributed by atoms with Crippen LogP contribution < -0.4 is 5.56 Å². The first kappa shape index (κ1) is 18.6. The minimum atomic E-state index is -0.349. The number of hydrogen-bond acceptors (Lipinski definition) is 3. The van der Waals surface area contributed by atoms with E-state index in [4.69, 9.17) is 4.98 Å². The molecule has 2 aromatic heterocycles. The first-order chi connectivity index (χ1) is 14.6. The Morgan fingerprint density at radius 1 is 0.967 bits per heavy atom. The molecule has 148 valence electrons. The van der Waals surface area contributed by atoms with Gasteiger partial charge in [-0.2, -0.15) is 0 Å². The van der Waals surface area contributed by atoms with E-state index in [0.717, 1.165) is 16.5 Å². The van der Waals surface area contributed by atoms with Gasteiger partial charge in [-0.1, -0.05) is 60.3 Å². The van der Waals surface area contributed by atoms with Crippen LogP contribution in [0, 0.1) is 5.82 Å². The van der Waals surface area contributed by atoms with E-state index in [1.165, 1.54) is 23.9 Å². The largest absolute Gasteiger partial charge is 0.349 e. The maximum absolute atomic E-state index is 13.5.